The summed E-state index contributed by atoms with van der Waals surface area (Å²) in [4.78, 5) is 26.2. The molecule has 1 aliphatic carbocycles. The Kier molecular flexibility index (Phi) is 9.58. The van der Waals surface area contributed by atoms with E-state index in [1.807, 2.05) is 27.7 Å². The van der Waals surface area contributed by atoms with Crippen molar-refractivity contribution in [2.24, 2.45) is 0 Å². The highest BCUT2D eigenvalue weighted by Crippen LogP contribution is 2.36. The van der Waals surface area contributed by atoms with Gasteiger partial charge in [-0.2, -0.15) is 0 Å². The molecule has 160 valence electrons. The summed E-state index contributed by atoms with van der Waals surface area (Å²) in [7, 11) is 0. The minimum Gasteiger partial charge on any atom is -0.373 e. The van der Waals surface area contributed by atoms with Crippen molar-refractivity contribution < 1.29 is 28.5 Å². The second kappa shape index (κ2) is 11.7. The van der Waals surface area contributed by atoms with Gasteiger partial charge in [0, 0.05) is 38.6 Å². The first-order valence-corrected chi connectivity index (χ1v) is 10.6. The largest absolute Gasteiger partial charge is 0.373 e. The van der Waals surface area contributed by atoms with Crippen LogP contribution in [0.1, 0.15) is 53.4 Å². The van der Waals surface area contributed by atoms with Crippen molar-refractivity contribution in [3.63, 3.8) is 0 Å². The van der Waals surface area contributed by atoms with Crippen LogP contribution >= 0.6 is 0 Å². The van der Waals surface area contributed by atoms with Crippen molar-refractivity contribution in [1.29, 1.82) is 0 Å². The summed E-state index contributed by atoms with van der Waals surface area (Å²) in [6.07, 6.45) is 4.20. The Morgan fingerprint density at radius 3 is 1.29 bits per heavy atom. The van der Waals surface area contributed by atoms with Gasteiger partial charge in [0.15, 0.2) is 0 Å². The Morgan fingerprint density at radius 1 is 0.643 bits per heavy atom. The predicted molar refractivity (Wildman–Crippen MR) is 105 cm³/mol. The molecular formula is C21H35NO6. The molecular weight excluding hydrogens is 362 g/mol. The van der Waals surface area contributed by atoms with Gasteiger partial charge in [0.25, 0.3) is 11.8 Å². The molecule has 7 heteroatoms. The summed E-state index contributed by atoms with van der Waals surface area (Å²) in [5.41, 5.74) is 0. The van der Waals surface area contributed by atoms with Gasteiger partial charge in [0.2, 0.25) is 0 Å². The fourth-order valence-electron chi connectivity index (χ4n) is 3.73. The van der Waals surface area contributed by atoms with Crippen molar-refractivity contribution in [3.05, 3.63) is 12.2 Å². The predicted octanol–water partition coefficient (Wildman–Crippen LogP) is 2.47. The highest BCUT2D eigenvalue weighted by atomic mass is 16.6. The zero-order chi connectivity index (χ0) is 20.5. The molecule has 2 amide bonds. The zero-order valence-corrected chi connectivity index (χ0v) is 17.6. The smallest absolute Gasteiger partial charge is 0.254 e. The SMILES string of the molecule is CCCOC1C(OCCC)C(OCCC)C(N2C(=O)C=CC2=O)C1OCCC. The van der Waals surface area contributed by atoms with Crippen molar-refractivity contribution >= 4 is 11.8 Å². The second-order valence-electron chi connectivity index (χ2n) is 7.21. The number of carbonyl (C=O) groups excluding carboxylic acids is 2. The van der Waals surface area contributed by atoms with E-state index in [-0.39, 0.29) is 11.8 Å². The highest BCUT2D eigenvalue weighted by Gasteiger charge is 2.58. The summed E-state index contributed by atoms with van der Waals surface area (Å²) in [6.45, 7) is 10.3. The van der Waals surface area contributed by atoms with E-state index in [1.165, 1.54) is 17.1 Å². The Bertz CT molecular complexity index is 493. The summed E-state index contributed by atoms with van der Waals surface area (Å²) in [6, 6.07) is -0.572. The Labute approximate surface area is 168 Å². The van der Waals surface area contributed by atoms with Crippen LogP contribution in [0.2, 0.25) is 0 Å². The molecule has 2 aliphatic rings. The third-order valence-corrected chi connectivity index (χ3v) is 4.84. The first-order chi connectivity index (χ1) is 13.6. The molecule has 1 aliphatic heterocycles. The van der Waals surface area contributed by atoms with E-state index in [9.17, 15) is 9.59 Å². The lowest BCUT2D eigenvalue weighted by molar-refractivity contribution is -0.149. The van der Waals surface area contributed by atoms with E-state index in [0.717, 1.165) is 25.7 Å². The van der Waals surface area contributed by atoms with Crippen molar-refractivity contribution in [1.82, 2.24) is 4.90 Å². The Balaban J connectivity index is 2.39. The number of amides is 2. The Morgan fingerprint density at radius 2 is 0.964 bits per heavy atom. The van der Waals surface area contributed by atoms with E-state index in [0.29, 0.717) is 26.4 Å². The number of nitrogens with zero attached hydrogens (tertiary/aromatic N) is 1. The van der Waals surface area contributed by atoms with Crippen LogP contribution in [-0.4, -0.2) is 73.6 Å². The molecule has 0 N–H and O–H groups in total. The molecule has 1 heterocycles. The van der Waals surface area contributed by atoms with Crippen LogP contribution in [0.4, 0.5) is 0 Å². The second-order valence-corrected chi connectivity index (χ2v) is 7.21. The van der Waals surface area contributed by atoms with Gasteiger partial charge >= 0.3 is 0 Å². The fraction of sp³-hybridized carbons (Fsp3) is 0.810. The summed E-state index contributed by atoms with van der Waals surface area (Å²) in [5, 5.41) is 0. The minimum atomic E-state index is -0.572. The molecule has 7 nitrogen and oxygen atoms in total. The van der Waals surface area contributed by atoms with Crippen LogP contribution < -0.4 is 0 Å². The van der Waals surface area contributed by atoms with E-state index in [1.54, 1.807) is 0 Å². The molecule has 2 rings (SSSR count). The van der Waals surface area contributed by atoms with Crippen molar-refractivity contribution in [2.45, 2.75) is 83.8 Å². The van der Waals surface area contributed by atoms with Crippen LogP contribution in [0, 0.1) is 0 Å². The molecule has 4 unspecified atom stereocenters. The first-order valence-electron chi connectivity index (χ1n) is 10.6. The van der Waals surface area contributed by atoms with Gasteiger partial charge in [-0.05, 0) is 25.7 Å². The number of imide groups is 1. The van der Waals surface area contributed by atoms with E-state index in [4.69, 9.17) is 18.9 Å². The van der Waals surface area contributed by atoms with E-state index in [2.05, 4.69) is 0 Å². The Hall–Kier alpha value is -1.28. The van der Waals surface area contributed by atoms with Crippen molar-refractivity contribution in [3.8, 4) is 0 Å². The quantitative estimate of drug-likeness (QED) is 0.445. The monoisotopic (exact) mass is 397 g/mol. The number of hydrogen-bond acceptors (Lipinski definition) is 6. The van der Waals surface area contributed by atoms with Crippen LogP contribution in [0.5, 0.6) is 0 Å². The van der Waals surface area contributed by atoms with Crippen molar-refractivity contribution in [2.75, 3.05) is 26.4 Å². The molecule has 1 fully saturated rings. The maximum Gasteiger partial charge on any atom is 0.254 e. The van der Waals surface area contributed by atoms with Gasteiger partial charge in [-0.3, -0.25) is 14.5 Å². The molecule has 0 aromatic heterocycles. The molecule has 0 saturated heterocycles. The minimum absolute atomic E-state index is 0.337. The molecule has 1 saturated carbocycles. The van der Waals surface area contributed by atoms with Gasteiger partial charge in [-0.1, -0.05) is 27.7 Å². The van der Waals surface area contributed by atoms with Gasteiger partial charge in [0.1, 0.15) is 24.4 Å². The molecule has 28 heavy (non-hydrogen) atoms. The van der Waals surface area contributed by atoms with Gasteiger partial charge in [0.05, 0.1) is 6.04 Å². The summed E-state index contributed by atoms with van der Waals surface area (Å²) >= 11 is 0. The van der Waals surface area contributed by atoms with Gasteiger partial charge in [-0.25, -0.2) is 0 Å². The maximum atomic E-state index is 12.5. The maximum absolute atomic E-state index is 12.5. The van der Waals surface area contributed by atoms with Gasteiger partial charge < -0.3 is 18.9 Å². The molecule has 0 bridgehead atoms. The van der Waals surface area contributed by atoms with Crippen LogP contribution in [0.25, 0.3) is 0 Å². The van der Waals surface area contributed by atoms with E-state index < -0.39 is 30.5 Å². The number of hydrogen-bond donors (Lipinski definition) is 0. The van der Waals surface area contributed by atoms with Crippen LogP contribution in [0.15, 0.2) is 12.2 Å². The lowest BCUT2D eigenvalue weighted by Gasteiger charge is -2.32. The molecule has 0 aromatic carbocycles. The summed E-state index contributed by atoms with van der Waals surface area (Å²) < 4.78 is 24.6. The third-order valence-electron chi connectivity index (χ3n) is 4.84. The van der Waals surface area contributed by atoms with E-state index >= 15 is 0 Å². The average molecular weight is 398 g/mol. The normalized spacial score (nSPS) is 30.0. The topological polar surface area (TPSA) is 74.3 Å². The zero-order valence-electron chi connectivity index (χ0n) is 17.6. The number of carbonyl (C=O) groups is 2. The van der Waals surface area contributed by atoms with Gasteiger partial charge in [-0.15, -0.1) is 0 Å². The van der Waals surface area contributed by atoms with Crippen LogP contribution in [0.3, 0.4) is 0 Å². The fourth-order valence-corrected chi connectivity index (χ4v) is 3.73. The summed E-state index contributed by atoms with van der Waals surface area (Å²) in [5.74, 6) is -0.675. The molecule has 0 spiro atoms. The lowest BCUT2D eigenvalue weighted by atomic mass is 10.1. The number of ether oxygens (including phenoxy) is 4. The molecule has 4 atom stereocenters. The molecule has 0 aromatic rings. The standard InChI is InChI=1S/C21H35NO6/c1-5-11-25-18-17(22-15(23)9-10-16(22)24)19(26-12-6-2)21(28-14-8-4)20(18)27-13-7-3/h9-10,17-21H,5-8,11-14H2,1-4H3. The van der Waals surface area contributed by atoms with Crippen LogP contribution in [-0.2, 0) is 28.5 Å². The average Bonchev–Trinajstić information content (AvgIpc) is 3.16. The number of rotatable bonds is 13. The first kappa shape index (κ1) is 23.0. The molecule has 0 radical (unpaired) electrons. The lowest BCUT2D eigenvalue weighted by Crippen LogP contribution is -2.53. The third kappa shape index (κ3) is 5.20. The highest BCUT2D eigenvalue weighted by molar-refractivity contribution is 6.13.